The van der Waals surface area contributed by atoms with Crippen molar-refractivity contribution in [1.29, 1.82) is 0 Å². The van der Waals surface area contributed by atoms with Gasteiger partial charge in [-0.3, -0.25) is 4.55 Å². The molecular weight excluding hydrogens is 189 g/mol. The minimum atomic E-state index is -4.91. The van der Waals surface area contributed by atoms with E-state index in [1.807, 2.05) is 0 Å². The van der Waals surface area contributed by atoms with E-state index >= 15 is 0 Å². The molecule has 0 aromatic heterocycles. The zero-order chi connectivity index (χ0) is 9.12. The molecule has 4 nitrogen and oxygen atoms in total. The van der Waals surface area contributed by atoms with Crippen LogP contribution in [0.4, 0.5) is 13.2 Å². The zero-order valence-electron chi connectivity index (χ0n) is 5.13. The number of hydrogen-bond acceptors (Lipinski definition) is 3. The fraction of sp³-hybridized carbons (Fsp3) is 1.00. The van der Waals surface area contributed by atoms with Gasteiger partial charge in [0.2, 0.25) is 0 Å². The van der Waals surface area contributed by atoms with E-state index in [1.54, 1.807) is 0 Å². The van der Waals surface area contributed by atoms with Gasteiger partial charge in [-0.05, 0) is 0 Å². The molecule has 0 bridgehead atoms. The lowest BCUT2D eigenvalue weighted by Gasteiger charge is -2.09. The summed E-state index contributed by atoms with van der Waals surface area (Å²) >= 11 is 0. The van der Waals surface area contributed by atoms with Gasteiger partial charge in [-0.1, -0.05) is 0 Å². The highest BCUT2D eigenvalue weighted by atomic mass is 32.3. The Labute approximate surface area is 60.9 Å². The van der Waals surface area contributed by atoms with Crippen molar-refractivity contribution in [1.82, 2.24) is 0 Å². The second kappa shape index (κ2) is 3.37. The Morgan fingerprint density at radius 2 is 1.91 bits per heavy atom. The average Bonchev–Trinajstić information content (AvgIpc) is 1.83. The molecule has 68 valence electrons. The van der Waals surface area contributed by atoms with Crippen molar-refractivity contribution >= 4 is 10.4 Å². The van der Waals surface area contributed by atoms with E-state index in [2.05, 4.69) is 4.18 Å². The number of rotatable bonds is 4. The molecule has 0 atom stereocenters. The maximum absolute atomic E-state index is 11.8. The second-order valence-electron chi connectivity index (χ2n) is 1.68. The standard InChI is InChI=1S/C3H5F3O4S/c4-1-3(5,6)2-10-11(7,8)9/h1-2H2,(H,7,8,9). The molecule has 0 aliphatic heterocycles. The first kappa shape index (κ1) is 10.7. The van der Waals surface area contributed by atoms with E-state index in [-0.39, 0.29) is 0 Å². The third-order valence-electron chi connectivity index (χ3n) is 0.615. The summed E-state index contributed by atoms with van der Waals surface area (Å²) in [7, 11) is -4.91. The Hall–Kier alpha value is -0.340. The van der Waals surface area contributed by atoms with Gasteiger partial charge in [0.15, 0.2) is 6.67 Å². The molecule has 0 aromatic carbocycles. The van der Waals surface area contributed by atoms with Crippen LogP contribution >= 0.6 is 0 Å². The molecular formula is C3H5F3O4S. The highest BCUT2D eigenvalue weighted by Crippen LogP contribution is 2.14. The van der Waals surface area contributed by atoms with Crippen LogP contribution < -0.4 is 0 Å². The van der Waals surface area contributed by atoms with E-state index in [0.29, 0.717) is 0 Å². The lowest BCUT2D eigenvalue weighted by atomic mass is 10.4. The Kier molecular flexibility index (Phi) is 3.27. The van der Waals surface area contributed by atoms with Crippen LogP contribution in [-0.2, 0) is 14.6 Å². The fourth-order valence-corrected chi connectivity index (χ4v) is 0.521. The quantitative estimate of drug-likeness (QED) is 0.658. The second-order valence-corrected chi connectivity index (χ2v) is 2.77. The predicted molar refractivity (Wildman–Crippen MR) is 28.4 cm³/mol. The summed E-state index contributed by atoms with van der Waals surface area (Å²) in [4.78, 5) is 0. The lowest BCUT2D eigenvalue weighted by molar-refractivity contribution is -0.0592. The molecule has 0 unspecified atom stereocenters. The van der Waals surface area contributed by atoms with Gasteiger partial charge in [-0.15, -0.1) is 0 Å². The van der Waals surface area contributed by atoms with E-state index in [1.165, 1.54) is 0 Å². The summed E-state index contributed by atoms with van der Waals surface area (Å²) in [6.07, 6.45) is 0. The van der Waals surface area contributed by atoms with Crippen LogP contribution in [0.25, 0.3) is 0 Å². The van der Waals surface area contributed by atoms with Crippen LogP contribution in [0.5, 0.6) is 0 Å². The van der Waals surface area contributed by atoms with Crippen LogP contribution in [0.1, 0.15) is 0 Å². The summed E-state index contributed by atoms with van der Waals surface area (Å²) in [5.74, 6) is -3.88. The molecule has 11 heavy (non-hydrogen) atoms. The topological polar surface area (TPSA) is 63.6 Å². The van der Waals surface area contributed by atoms with E-state index in [9.17, 15) is 21.6 Å². The van der Waals surface area contributed by atoms with Gasteiger partial charge in [0.05, 0.1) is 0 Å². The van der Waals surface area contributed by atoms with Gasteiger partial charge in [0.1, 0.15) is 6.61 Å². The van der Waals surface area contributed by atoms with E-state index in [0.717, 1.165) is 0 Å². The maximum atomic E-state index is 11.8. The Balaban J connectivity index is 3.90. The van der Waals surface area contributed by atoms with Crippen LogP contribution in [0.3, 0.4) is 0 Å². The molecule has 1 N–H and O–H groups in total. The number of hydrogen-bond donors (Lipinski definition) is 1. The first-order chi connectivity index (χ1) is 4.77. The zero-order valence-corrected chi connectivity index (χ0v) is 5.94. The summed E-state index contributed by atoms with van der Waals surface area (Å²) < 4.78 is 65.2. The minimum absolute atomic E-state index is 1.69. The minimum Gasteiger partial charge on any atom is -0.264 e. The van der Waals surface area contributed by atoms with Gasteiger partial charge >= 0.3 is 10.4 Å². The van der Waals surface area contributed by atoms with Crippen molar-refractivity contribution in [3.63, 3.8) is 0 Å². The van der Waals surface area contributed by atoms with Crippen LogP contribution in [0, 0.1) is 0 Å². The third kappa shape index (κ3) is 6.07. The molecule has 0 spiro atoms. The summed E-state index contributed by atoms with van der Waals surface area (Å²) in [6, 6.07) is 0. The third-order valence-corrected chi connectivity index (χ3v) is 1.03. The Bertz CT molecular complexity index is 211. The van der Waals surface area contributed by atoms with Gasteiger partial charge in [-0.2, -0.15) is 8.42 Å². The van der Waals surface area contributed by atoms with Crippen molar-refractivity contribution in [2.24, 2.45) is 0 Å². The molecule has 0 saturated carbocycles. The first-order valence-electron chi connectivity index (χ1n) is 2.32. The largest absolute Gasteiger partial charge is 0.397 e. The molecule has 0 amide bonds. The van der Waals surface area contributed by atoms with Gasteiger partial charge in [-0.25, -0.2) is 17.4 Å². The van der Waals surface area contributed by atoms with Gasteiger partial charge in [0.25, 0.3) is 5.92 Å². The van der Waals surface area contributed by atoms with Crippen LogP contribution in [0.15, 0.2) is 0 Å². The molecule has 0 rings (SSSR count). The highest BCUT2D eigenvalue weighted by Gasteiger charge is 2.31. The molecule has 0 saturated heterocycles. The highest BCUT2D eigenvalue weighted by molar-refractivity contribution is 7.80. The van der Waals surface area contributed by atoms with Gasteiger partial charge in [0, 0.05) is 0 Å². The fourth-order valence-electron chi connectivity index (χ4n) is 0.199. The van der Waals surface area contributed by atoms with Crippen molar-refractivity contribution in [3.8, 4) is 0 Å². The molecule has 0 aliphatic rings. The Morgan fingerprint density at radius 3 is 2.18 bits per heavy atom. The molecule has 0 radical (unpaired) electrons. The summed E-state index contributed by atoms with van der Waals surface area (Å²) in [5, 5.41) is 0. The molecule has 8 heteroatoms. The first-order valence-corrected chi connectivity index (χ1v) is 3.69. The van der Waals surface area contributed by atoms with Crippen molar-refractivity contribution in [2.75, 3.05) is 13.3 Å². The van der Waals surface area contributed by atoms with Crippen LogP contribution in [0.2, 0.25) is 0 Å². The number of halogens is 3. The predicted octanol–water partition coefficient (Wildman–Crippen LogP) is 0.411. The van der Waals surface area contributed by atoms with Crippen molar-refractivity contribution in [2.45, 2.75) is 5.92 Å². The normalized spacial score (nSPS) is 13.5. The van der Waals surface area contributed by atoms with Crippen molar-refractivity contribution < 1.29 is 30.3 Å². The van der Waals surface area contributed by atoms with Crippen molar-refractivity contribution in [3.05, 3.63) is 0 Å². The summed E-state index contributed by atoms with van der Waals surface area (Å²) in [6.45, 7) is -3.73. The summed E-state index contributed by atoms with van der Waals surface area (Å²) in [5.41, 5.74) is 0. The Morgan fingerprint density at radius 1 is 1.45 bits per heavy atom. The van der Waals surface area contributed by atoms with Crippen LogP contribution in [-0.4, -0.2) is 32.2 Å². The average molecular weight is 194 g/mol. The lowest BCUT2D eigenvalue weighted by Crippen LogP contribution is -2.27. The maximum Gasteiger partial charge on any atom is 0.397 e. The number of alkyl halides is 3. The van der Waals surface area contributed by atoms with E-state index in [4.69, 9.17) is 4.55 Å². The smallest absolute Gasteiger partial charge is 0.264 e. The molecule has 0 heterocycles. The molecule has 0 aromatic rings. The SMILES string of the molecule is O=S(=O)(O)OCC(F)(F)CF. The van der Waals surface area contributed by atoms with Gasteiger partial charge < -0.3 is 0 Å². The molecule has 0 fully saturated rings. The molecule has 0 aliphatic carbocycles. The van der Waals surface area contributed by atoms with E-state index < -0.39 is 29.6 Å². The monoisotopic (exact) mass is 194 g/mol.